The number of hydrogen-bond acceptors (Lipinski definition) is 5. The number of esters is 1. The summed E-state index contributed by atoms with van der Waals surface area (Å²) in [6.45, 7) is -0.857. The van der Waals surface area contributed by atoms with E-state index in [4.69, 9.17) is 27.9 Å². The number of carbonyl (C=O) groups is 2. The molecule has 2 aromatic carbocycles. The molecule has 0 aliphatic heterocycles. The Bertz CT molecular complexity index is 1120. The molecule has 0 radical (unpaired) electrons. The van der Waals surface area contributed by atoms with E-state index in [-0.39, 0.29) is 26.2 Å². The molecule has 0 saturated carbocycles. The van der Waals surface area contributed by atoms with E-state index in [1.54, 1.807) is 0 Å². The van der Waals surface area contributed by atoms with Crippen LogP contribution >= 0.6 is 23.2 Å². The van der Waals surface area contributed by atoms with Crippen LogP contribution in [0.2, 0.25) is 10.0 Å². The van der Waals surface area contributed by atoms with Crippen molar-refractivity contribution in [2.24, 2.45) is 0 Å². The maximum absolute atomic E-state index is 12.8. The zero-order chi connectivity index (χ0) is 23.6. The van der Waals surface area contributed by atoms with Crippen molar-refractivity contribution in [1.82, 2.24) is 4.31 Å². The second-order valence-corrected chi connectivity index (χ2v) is 9.18. The van der Waals surface area contributed by atoms with Crippen LogP contribution in [0.15, 0.2) is 41.3 Å². The Morgan fingerprint density at radius 1 is 1.06 bits per heavy atom. The Hall–Kier alpha value is -2.34. The van der Waals surface area contributed by atoms with E-state index >= 15 is 0 Å². The Morgan fingerprint density at radius 2 is 1.68 bits per heavy atom. The summed E-state index contributed by atoms with van der Waals surface area (Å²) in [4.78, 5) is 23.8. The van der Waals surface area contributed by atoms with E-state index < -0.39 is 40.2 Å². The average molecular weight is 499 g/mol. The highest BCUT2D eigenvalue weighted by Gasteiger charge is 2.31. The van der Waals surface area contributed by atoms with Crippen LogP contribution in [0.4, 0.5) is 18.9 Å². The second-order valence-electron chi connectivity index (χ2n) is 6.25. The van der Waals surface area contributed by atoms with Crippen molar-refractivity contribution in [3.8, 4) is 0 Å². The van der Waals surface area contributed by atoms with Gasteiger partial charge in [-0.05, 0) is 36.4 Å². The Balaban J connectivity index is 2.11. The summed E-state index contributed by atoms with van der Waals surface area (Å²) in [6.07, 6.45) is -4.64. The third kappa shape index (κ3) is 6.10. The van der Waals surface area contributed by atoms with Crippen LogP contribution in [0.3, 0.4) is 0 Å². The fraction of sp³-hybridized carbons (Fsp3) is 0.222. The predicted octanol–water partition coefficient (Wildman–Crippen LogP) is 4.06. The fourth-order valence-electron chi connectivity index (χ4n) is 2.22. The molecule has 0 aliphatic carbocycles. The van der Waals surface area contributed by atoms with Crippen molar-refractivity contribution >= 4 is 50.8 Å². The Labute approximate surface area is 185 Å². The third-order valence-electron chi connectivity index (χ3n) is 3.83. The number of hydrogen-bond donors (Lipinski definition) is 1. The Morgan fingerprint density at radius 3 is 2.26 bits per heavy atom. The first-order chi connectivity index (χ1) is 14.2. The molecule has 0 spiro atoms. The number of halogens is 5. The number of amides is 1. The van der Waals surface area contributed by atoms with Crippen LogP contribution in [0.1, 0.15) is 15.9 Å². The van der Waals surface area contributed by atoms with Gasteiger partial charge in [0.15, 0.2) is 6.61 Å². The molecule has 168 valence electrons. The van der Waals surface area contributed by atoms with Crippen molar-refractivity contribution in [3.05, 3.63) is 57.6 Å². The quantitative estimate of drug-likeness (QED) is 0.606. The fourth-order valence-corrected chi connectivity index (χ4v) is 3.78. The van der Waals surface area contributed by atoms with Gasteiger partial charge in [-0.3, -0.25) is 4.79 Å². The molecule has 0 aliphatic rings. The molecular weight excluding hydrogens is 484 g/mol. The molecule has 1 amide bonds. The first-order valence-electron chi connectivity index (χ1n) is 8.29. The van der Waals surface area contributed by atoms with Crippen molar-refractivity contribution in [2.75, 3.05) is 26.0 Å². The standard InChI is InChI=1S/C18H15Cl2F3N2O5S/c1-25(2)31(28,29)15-7-10(3-5-13(15)20)17(27)30-9-16(26)24-14-8-11(18(21,22)23)4-6-12(14)19/h3-8H,9H2,1-2H3,(H,24,26). The molecule has 2 rings (SSSR count). The number of alkyl halides is 3. The highest BCUT2D eigenvalue weighted by Crippen LogP contribution is 2.33. The van der Waals surface area contributed by atoms with Gasteiger partial charge < -0.3 is 10.1 Å². The number of rotatable bonds is 6. The van der Waals surface area contributed by atoms with Crippen LogP contribution in [0.5, 0.6) is 0 Å². The predicted molar refractivity (Wildman–Crippen MR) is 108 cm³/mol. The lowest BCUT2D eigenvalue weighted by Gasteiger charge is -2.14. The maximum Gasteiger partial charge on any atom is 0.416 e. The molecule has 0 bridgehead atoms. The van der Waals surface area contributed by atoms with Crippen molar-refractivity contribution < 1.29 is 35.9 Å². The summed E-state index contributed by atoms with van der Waals surface area (Å²) >= 11 is 11.7. The molecule has 0 unspecified atom stereocenters. The molecule has 0 heterocycles. The van der Waals surface area contributed by atoms with Gasteiger partial charge in [0.25, 0.3) is 5.91 Å². The van der Waals surface area contributed by atoms with Gasteiger partial charge in [-0.1, -0.05) is 23.2 Å². The highest BCUT2D eigenvalue weighted by atomic mass is 35.5. The van der Waals surface area contributed by atoms with E-state index in [2.05, 4.69) is 5.32 Å². The molecular formula is C18H15Cl2F3N2O5S. The summed E-state index contributed by atoms with van der Waals surface area (Å²) < 4.78 is 68.6. The lowest BCUT2D eigenvalue weighted by molar-refractivity contribution is -0.137. The number of nitrogens with zero attached hydrogens (tertiary/aromatic N) is 1. The highest BCUT2D eigenvalue weighted by molar-refractivity contribution is 7.89. The molecule has 7 nitrogen and oxygen atoms in total. The summed E-state index contributed by atoms with van der Waals surface area (Å²) in [7, 11) is -1.39. The number of ether oxygens (including phenoxy) is 1. The number of sulfonamides is 1. The molecule has 0 saturated heterocycles. The number of nitrogens with one attached hydrogen (secondary N) is 1. The summed E-state index contributed by atoms with van der Waals surface area (Å²) in [5, 5.41) is 1.85. The molecule has 13 heteroatoms. The zero-order valence-corrected chi connectivity index (χ0v) is 18.3. The minimum atomic E-state index is -4.64. The molecule has 0 atom stereocenters. The molecule has 31 heavy (non-hydrogen) atoms. The average Bonchev–Trinajstić information content (AvgIpc) is 2.67. The van der Waals surface area contributed by atoms with Gasteiger partial charge in [0, 0.05) is 14.1 Å². The summed E-state index contributed by atoms with van der Waals surface area (Å²) in [5.74, 6) is -2.00. The monoisotopic (exact) mass is 498 g/mol. The topological polar surface area (TPSA) is 92.8 Å². The van der Waals surface area contributed by atoms with Crippen LogP contribution in [-0.2, 0) is 25.7 Å². The van der Waals surface area contributed by atoms with Crippen molar-refractivity contribution in [1.29, 1.82) is 0 Å². The van der Waals surface area contributed by atoms with Gasteiger partial charge in [-0.25, -0.2) is 17.5 Å². The maximum atomic E-state index is 12.8. The summed E-state index contributed by atoms with van der Waals surface area (Å²) in [5.41, 5.74) is -1.54. The Kier molecular flexibility index (Phi) is 7.58. The smallest absolute Gasteiger partial charge is 0.416 e. The van der Waals surface area contributed by atoms with Crippen LogP contribution in [-0.4, -0.2) is 45.3 Å². The van der Waals surface area contributed by atoms with E-state index in [0.29, 0.717) is 6.07 Å². The van der Waals surface area contributed by atoms with Crippen LogP contribution < -0.4 is 5.32 Å². The van der Waals surface area contributed by atoms with E-state index in [9.17, 15) is 31.2 Å². The molecule has 0 fully saturated rings. The first kappa shape index (κ1) is 24.9. The SMILES string of the molecule is CN(C)S(=O)(=O)c1cc(C(=O)OCC(=O)Nc2cc(C(F)(F)F)ccc2Cl)ccc1Cl. The van der Waals surface area contributed by atoms with E-state index in [1.165, 1.54) is 26.2 Å². The summed E-state index contributed by atoms with van der Waals surface area (Å²) in [6, 6.07) is 5.71. The number of benzene rings is 2. The van der Waals surface area contributed by atoms with E-state index in [1.807, 2.05) is 0 Å². The van der Waals surface area contributed by atoms with Crippen molar-refractivity contribution in [2.45, 2.75) is 11.1 Å². The largest absolute Gasteiger partial charge is 0.452 e. The van der Waals surface area contributed by atoms with Gasteiger partial charge in [0.2, 0.25) is 10.0 Å². The van der Waals surface area contributed by atoms with Crippen molar-refractivity contribution in [3.63, 3.8) is 0 Å². The number of carbonyl (C=O) groups excluding carboxylic acids is 2. The number of anilines is 1. The van der Waals surface area contributed by atoms with Gasteiger partial charge in [0.1, 0.15) is 4.90 Å². The van der Waals surface area contributed by atoms with Crippen LogP contribution in [0.25, 0.3) is 0 Å². The van der Waals surface area contributed by atoms with Gasteiger partial charge >= 0.3 is 12.1 Å². The molecule has 2 aromatic rings. The lowest BCUT2D eigenvalue weighted by Crippen LogP contribution is -2.23. The normalized spacial score (nSPS) is 12.0. The van der Waals surface area contributed by atoms with E-state index in [0.717, 1.165) is 22.5 Å². The third-order valence-corrected chi connectivity index (χ3v) is 6.45. The lowest BCUT2D eigenvalue weighted by atomic mass is 10.2. The van der Waals surface area contributed by atoms with Gasteiger partial charge in [-0.15, -0.1) is 0 Å². The minimum Gasteiger partial charge on any atom is -0.452 e. The molecule has 0 aromatic heterocycles. The zero-order valence-electron chi connectivity index (χ0n) is 16.0. The minimum absolute atomic E-state index is 0.123. The molecule has 1 N–H and O–H groups in total. The second kappa shape index (κ2) is 9.43. The first-order valence-corrected chi connectivity index (χ1v) is 10.5. The van der Waals surface area contributed by atoms with Gasteiger partial charge in [0.05, 0.1) is 26.9 Å². The van der Waals surface area contributed by atoms with Crippen LogP contribution in [0, 0.1) is 0 Å². The van der Waals surface area contributed by atoms with Gasteiger partial charge in [-0.2, -0.15) is 13.2 Å².